The van der Waals surface area contributed by atoms with E-state index >= 15 is 0 Å². The number of hydrogen-bond donors (Lipinski definition) is 2. The number of carbonyl (C=O) groups is 1. The molecular weight excluding hydrogens is 264 g/mol. The number of benzene rings is 1. The van der Waals surface area contributed by atoms with E-state index in [2.05, 4.69) is 0 Å². The van der Waals surface area contributed by atoms with Crippen molar-refractivity contribution in [2.75, 3.05) is 5.75 Å². The van der Waals surface area contributed by atoms with Crippen molar-refractivity contribution in [3.63, 3.8) is 0 Å². The van der Waals surface area contributed by atoms with E-state index in [1.54, 1.807) is 18.2 Å². The molecule has 1 rings (SSSR count). The molecule has 0 amide bonds. The van der Waals surface area contributed by atoms with Crippen LogP contribution in [0.25, 0.3) is 0 Å². The van der Waals surface area contributed by atoms with Crippen LogP contribution in [-0.4, -0.2) is 33.3 Å². The fourth-order valence-corrected chi connectivity index (χ4v) is 2.18. The minimum atomic E-state index is -1.07. The van der Waals surface area contributed by atoms with Gasteiger partial charge in [0.05, 0.1) is 12.2 Å². The van der Waals surface area contributed by atoms with E-state index in [0.717, 1.165) is 11.8 Å². The molecular formula is C14H20O4S. The molecule has 0 spiro atoms. The van der Waals surface area contributed by atoms with E-state index in [9.17, 15) is 15.0 Å². The topological polar surface area (TPSA) is 66.8 Å². The highest BCUT2D eigenvalue weighted by Crippen LogP contribution is 2.29. The number of rotatable bonds is 6. The molecule has 0 aliphatic rings. The molecule has 5 heteroatoms. The van der Waals surface area contributed by atoms with Crippen molar-refractivity contribution < 1.29 is 19.7 Å². The zero-order valence-corrected chi connectivity index (χ0v) is 12.2. The normalized spacial score (nSPS) is 14.2. The highest BCUT2D eigenvalue weighted by molar-refractivity contribution is 8.13. The average molecular weight is 284 g/mol. The van der Waals surface area contributed by atoms with Gasteiger partial charge in [0.2, 0.25) is 0 Å². The molecule has 106 valence electrons. The zero-order valence-electron chi connectivity index (χ0n) is 11.4. The molecule has 19 heavy (non-hydrogen) atoms. The Kier molecular flexibility index (Phi) is 6.34. The second-order valence-corrected chi connectivity index (χ2v) is 5.72. The minimum absolute atomic E-state index is 0.0166. The van der Waals surface area contributed by atoms with Gasteiger partial charge in [0.1, 0.15) is 11.9 Å². The SMILES string of the molecule is CC(=O)SCC(O)C(O)c1ccccc1OC(C)C. The van der Waals surface area contributed by atoms with Crippen molar-refractivity contribution in [2.24, 2.45) is 0 Å². The minimum Gasteiger partial charge on any atom is -0.491 e. The fourth-order valence-electron chi connectivity index (χ4n) is 1.59. The summed E-state index contributed by atoms with van der Waals surface area (Å²) in [5.41, 5.74) is 0.535. The summed E-state index contributed by atoms with van der Waals surface area (Å²) in [6.07, 6.45) is -2.09. The quantitative estimate of drug-likeness (QED) is 0.838. The van der Waals surface area contributed by atoms with Gasteiger partial charge in [-0.3, -0.25) is 4.79 Å². The Morgan fingerprint density at radius 1 is 1.32 bits per heavy atom. The van der Waals surface area contributed by atoms with Crippen molar-refractivity contribution in [1.29, 1.82) is 0 Å². The number of hydrogen-bond acceptors (Lipinski definition) is 5. The largest absolute Gasteiger partial charge is 0.491 e. The molecule has 0 radical (unpaired) electrons. The molecule has 1 aromatic carbocycles. The molecule has 0 heterocycles. The third-order valence-corrected chi connectivity index (χ3v) is 3.34. The first-order valence-corrected chi connectivity index (χ1v) is 7.15. The van der Waals surface area contributed by atoms with Gasteiger partial charge in [0.25, 0.3) is 0 Å². The monoisotopic (exact) mass is 284 g/mol. The third kappa shape index (κ3) is 5.22. The van der Waals surface area contributed by atoms with Crippen molar-refractivity contribution >= 4 is 16.9 Å². The number of thioether (sulfide) groups is 1. The molecule has 0 aromatic heterocycles. The van der Waals surface area contributed by atoms with E-state index < -0.39 is 12.2 Å². The number of aliphatic hydroxyl groups is 2. The average Bonchev–Trinajstić information content (AvgIpc) is 2.35. The molecule has 0 fully saturated rings. The number of aliphatic hydroxyl groups excluding tert-OH is 2. The maximum Gasteiger partial charge on any atom is 0.185 e. The van der Waals surface area contributed by atoms with Crippen molar-refractivity contribution in [1.82, 2.24) is 0 Å². The summed E-state index contributed by atoms with van der Waals surface area (Å²) in [7, 11) is 0. The van der Waals surface area contributed by atoms with Crippen molar-refractivity contribution in [2.45, 2.75) is 39.1 Å². The van der Waals surface area contributed by atoms with Gasteiger partial charge in [-0.15, -0.1) is 0 Å². The van der Waals surface area contributed by atoms with Crippen LogP contribution >= 0.6 is 11.8 Å². The first kappa shape index (κ1) is 16.0. The predicted octanol–water partition coefficient (Wildman–Crippen LogP) is 2.15. The van der Waals surface area contributed by atoms with Crippen molar-refractivity contribution in [3.8, 4) is 5.75 Å². The maximum atomic E-state index is 10.9. The van der Waals surface area contributed by atoms with Gasteiger partial charge in [-0.05, 0) is 19.9 Å². The molecule has 2 unspecified atom stereocenters. The summed E-state index contributed by atoms with van der Waals surface area (Å²) in [6, 6.07) is 7.05. The van der Waals surface area contributed by atoms with Gasteiger partial charge < -0.3 is 14.9 Å². The van der Waals surface area contributed by atoms with E-state index in [1.807, 2.05) is 19.9 Å². The van der Waals surface area contributed by atoms with Gasteiger partial charge in [0, 0.05) is 18.2 Å². The fraction of sp³-hybridized carbons (Fsp3) is 0.500. The lowest BCUT2D eigenvalue weighted by Crippen LogP contribution is -2.22. The highest BCUT2D eigenvalue weighted by Gasteiger charge is 2.22. The summed E-state index contributed by atoms with van der Waals surface area (Å²) in [5, 5.41) is 20.0. The van der Waals surface area contributed by atoms with E-state index in [0.29, 0.717) is 11.3 Å². The second-order valence-electron chi connectivity index (χ2n) is 4.52. The van der Waals surface area contributed by atoms with Gasteiger partial charge in [-0.1, -0.05) is 30.0 Å². The molecule has 2 atom stereocenters. The molecule has 0 aliphatic carbocycles. The summed E-state index contributed by atoms with van der Waals surface area (Å²) in [6.45, 7) is 5.22. The molecule has 0 saturated heterocycles. The van der Waals surface area contributed by atoms with Crippen LogP contribution in [0.4, 0.5) is 0 Å². The molecule has 0 aliphatic heterocycles. The Balaban J connectivity index is 2.80. The van der Waals surface area contributed by atoms with Crippen LogP contribution in [0.15, 0.2) is 24.3 Å². The molecule has 1 aromatic rings. The molecule has 4 nitrogen and oxygen atoms in total. The number of carbonyl (C=O) groups excluding carboxylic acids is 1. The lowest BCUT2D eigenvalue weighted by molar-refractivity contribution is -0.109. The number of ether oxygens (including phenoxy) is 1. The highest BCUT2D eigenvalue weighted by atomic mass is 32.2. The Hall–Kier alpha value is -1.04. The standard InChI is InChI=1S/C14H20O4S/c1-9(2)18-13-7-5-4-6-11(13)14(17)12(16)8-19-10(3)15/h4-7,9,12,14,16-17H,8H2,1-3H3. The lowest BCUT2D eigenvalue weighted by atomic mass is 10.0. The summed E-state index contributed by atoms with van der Waals surface area (Å²) in [4.78, 5) is 10.9. The smallest absolute Gasteiger partial charge is 0.185 e. The van der Waals surface area contributed by atoms with Gasteiger partial charge >= 0.3 is 0 Å². The van der Waals surface area contributed by atoms with E-state index in [-0.39, 0.29) is 17.0 Å². The van der Waals surface area contributed by atoms with E-state index in [4.69, 9.17) is 4.74 Å². The van der Waals surface area contributed by atoms with Crippen LogP contribution in [0, 0.1) is 0 Å². The van der Waals surface area contributed by atoms with Crippen LogP contribution in [0.2, 0.25) is 0 Å². The van der Waals surface area contributed by atoms with Gasteiger partial charge in [-0.2, -0.15) is 0 Å². The van der Waals surface area contributed by atoms with Crippen LogP contribution in [-0.2, 0) is 4.79 Å². The zero-order chi connectivity index (χ0) is 14.4. The summed E-state index contributed by atoms with van der Waals surface area (Å²) < 4.78 is 5.60. The Bertz CT molecular complexity index is 420. The Morgan fingerprint density at radius 3 is 2.53 bits per heavy atom. The summed E-state index contributed by atoms with van der Waals surface area (Å²) >= 11 is 0.992. The van der Waals surface area contributed by atoms with Crippen LogP contribution in [0.5, 0.6) is 5.75 Å². The van der Waals surface area contributed by atoms with Crippen LogP contribution in [0.3, 0.4) is 0 Å². The summed E-state index contributed by atoms with van der Waals surface area (Å²) in [5.74, 6) is 0.712. The predicted molar refractivity (Wildman–Crippen MR) is 76.3 cm³/mol. The van der Waals surface area contributed by atoms with Gasteiger partial charge in [-0.25, -0.2) is 0 Å². The molecule has 0 bridgehead atoms. The molecule has 0 saturated carbocycles. The first-order valence-electron chi connectivity index (χ1n) is 6.17. The van der Waals surface area contributed by atoms with Crippen LogP contribution < -0.4 is 4.74 Å². The Morgan fingerprint density at radius 2 is 1.95 bits per heavy atom. The Labute approximate surface area is 117 Å². The van der Waals surface area contributed by atoms with E-state index in [1.165, 1.54) is 6.92 Å². The first-order chi connectivity index (χ1) is 8.91. The molecule has 2 N–H and O–H groups in total. The van der Waals surface area contributed by atoms with Gasteiger partial charge in [0.15, 0.2) is 5.12 Å². The maximum absolute atomic E-state index is 10.9. The number of para-hydroxylation sites is 1. The van der Waals surface area contributed by atoms with Crippen molar-refractivity contribution in [3.05, 3.63) is 29.8 Å². The third-order valence-electron chi connectivity index (χ3n) is 2.42. The lowest BCUT2D eigenvalue weighted by Gasteiger charge is -2.21. The second kappa shape index (κ2) is 7.53. The van der Waals surface area contributed by atoms with Crippen LogP contribution in [0.1, 0.15) is 32.4 Å².